The summed E-state index contributed by atoms with van der Waals surface area (Å²) in [6.07, 6.45) is 1.73. The number of aromatic nitrogens is 3. The summed E-state index contributed by atoms with van der Waals surface area (Å²) < 4.78 is 7.57. The summed E-state index contributed by atoms with van der Waals surface area (Å²) >= 11 is 1.69. The van der Waals surface area contributed by atoms with Gasteiger partial charge in [0.05, 0.1) is 28.9 Å². The van der Waals surface area contributed by atoms with Crippen molar-refractivity contribution in [3.63, 3.8) is 0 Å². The van der Waals surface area contributed by atoms with Gasteiger partial charge in [0.2, 0.25) is 0 Å². The molecule has 0 saturated heterocycles. The number of nitrogens with zero attached hydrogens (tertiary/aromatic N) is 4. The van der Waals surface area contributed by atoms with Gasteiger partial charge in [0.25, 0.3) is 5.91 Å². The van der Waals surface area contributed by atoms with Crippen molar-refractivity contribution in [1.82, 2.24) is 25.0 Å². The van der Waals surface area contributed by atoms with Crippen molar-refractivity contribution in [2.24, 2.45) is 0 Å². The second-order valence-electron chi connectivity index (χ2n) is 8.51. The van der Waals surface area contributed by atoms with Gasteiger partial charge in [-0.2, -0.15) is 5.10 Å². The van der Waals surface area contributed by atoms with Crippen LogP contribution in [-0.2, 0) is 0 Å². The number of furan rings is 1. The Bertz CT molecular complexity index is 1240. The Morgan fingerprint density at radius 1 is 1.28 bits per heavy atom. The molecule has 8 heteroatoms. The molecule has 0 saturated carbocycles. The van der Waals surface area contributed by atoms with Crippen LogP contribution in [0.1, 0.15) is 52.7 Å². The molecule has 1 atom stereocenters. The van der Waals surface area contributed by atoms with Crippen LogP contribution in [0.4, 0.5) is 0 Å². The first-order valence-corrected chi connectivity index (χ1v) is 11.6. The van der Waals surface area contributed by atoms with E-state index in [1.165, 1.54) is 4.88 Å². The lowest BCUT2D eigenvalue weighted by Gasteiger charge is -2.23. The molecule has 168 valence electrons. The molecule has 4 rings (SSSR count). The molecule has 0 aliphatic carbocycles. The highest BCUT2D eigenvalue weighted by Crippen LogP contribution is 2.30. The first-order chi connectivity index (χ1) is 15.3. The topological polar surface area (TPSA) is 76.2 Å². The third-order valence-electron chi connectivity index (χ3n) is 5.57. The highest BCUT2D eigenvalue weighted by atomic mass is 32.1. The highest BCUT2D eigenvalue weighted by molar-refractivity contribution is 7.10. The van der Waals surface area contributed by atoms with Crippen molar-refractivity contribution >= 4 is 28.3 Å². The predicted molar refractivity (Wildman–Crippen MR) is 128 cm³/mol. The minimum atomic E-state index is -0.136. The lowest BCUT2D eigenvalue weighted by atomic mass is 10.1. The molecule has 7 nitrogen and oxygen atoms in total. The average Bonchev–Trinajstić information content (AvgIpc) is 3.46. The van der Waals surface area contributed by atoms with Crippen molar-refractivity contribution in [2.75, 3.05) is 20.6 Å². The van der Waals surface area contributed by atoms with E-state index in [4.69, 9.17) is 9.40 Å². The number of pyridine rings is 1. The number of thiophene rings is 1. The smallest absolute Gasteiger partial charge is 0.252 e. The van der Waals surface area contributed by atoms with Crippen LogP contribution in [0.2, 0.25) is 0 Å². The molecule has 0 radical (unpaired) electrons. The molecule has 0 spiro atoms. The number of carbonyl (C=O) groups is 1. The van der Waals surface area contributed by atoms with Gasteiger partial charge in [-0.15, -0.1) is 11.3 Å². The number of hydrogen-bond donors (Lipinski definition) is 1. The van der Waals surface area contributed by atoms with E-state index >= 15 is 0 Å². The molecule has 0 aromatic carbocycles. The molecule has 4 heterocycles. The van der Waals surface area contributed by atoms with Crippen molar-refractivity contribution in [2.45, 2.75) is 39.8 Å². The standard InChI is InChI=1S/C24H29N5O2S/c1-14(2)29-23-19(12-26-29)18(11-20(27-23)17-10-15(3)31-16(17)4)24(30)25-13-21(28(5)6)22-8-7-9-32-22/h7-12,14,21H,13H2,1-6H3,(H,25,30). The highest BCUT2D eigenvalue weighted by Gasteiger charge is 2.22. The summed E-state index contributed by atoms with van der Waals surface area (Å²) in [4.78, 5) is 21.6. The Morgan fingerprint density at radius 2 is 2.06 bits per heavy atom. The second-order valence-corrected chi connectivity index (χ2v) is 9.49. The molecule has 0 aliphatic heterocycles. The third kappa shape index (κ3) is 4.20. The Hall–Kier alpha value is -2.97. The van der Waals surface area contributed by atoms with Crippen molar-refractivity contribution in [3.8, 4) is 11.3 Å². The van der Waals surface area contributed by atoms with Gasteiger partial charge in [0.15, 0.2) is 5.65 Å². The fraction of sp³-hybridized carbons (Fsp3) is 0.375. The molecule has 32 heavy (non-hydrogen) atoms. The van der Waals surface area contributed by atoms with Crippen LogP contribution in [0, 0.1) is 13.8 Å². The van der Waals surface area contributed by atoms with E-state index in [-0.39, 0.29) is 18.0 Å². The number of likely N-dealkylation sites (N-methyl/N-ethyl adjacent to an activating group) is 1. The first-order valence-electron chi connectivity index (χ1n) is 10.7. The second kappa shape index (κ2) is 8.88. The van der Waals surface area contributed by atoms with E-state index in [9.17, 15) is 4.79 Å². The summed E-state index contributed by atoms with van der Waals surface area (Å²) in [6, 6.07) is 8.16. The normalized spacial score (nSPS) is 12.8. The van der Waals surface area contributed by atoms with Crippen LogP contribution in [-0.4, -0.2) is 46.2 Å². The van der Waals surface area contributed by atoms with Crippen LogP contribution in [0.5, 0.6) is 0 Å². The lowest BCUT2D eigenvalue weighted by molar-refractivity contribution is 0.0944. The van der Waals surface area contributed by atoms with E-state index in [0.717, 1.165) is 22.5 Å². The van der Waals surface area contributed by atoms with Gasteiger partial charge in [0.1, 0.15) is 11.5 Å². The molecule has 0 aliphatic rings. The number of amides is 1. The molecule has 0 bridgehead atoms. The third-order valence-corrected chi connectivity index (χ3v) is 6.54. The van der Waals surface area contributed by atoms with Gasteiger partial charge in [-0.05, 0) is 65.4 Å². The van der Waals surface area contributed by atoms with E-state index < -0.39 is 0 Å². The van der Waals surface area contributed by atoms with Crippen LogP contribution in [0.25, 0.3) is 22.3 Å². The fourth-order valence-electron chi connectivity index (χ4n) is 3.91. The van der Waals surface area contributed by atoms with Crippen LogP contribution in [0.3, 0.4) is 0 Å². The number of hydrogen-bond acceptors (Lipinski definition) is 6. The van der Waals surface area contributed by atoms with Gasteiger partial charge >= 0.3 is 0 Å². The summed E-state index contributed by atoms with van der Waals surface area (Å²) in [5, 5.41) is 10.4. The predicted octanol–water partition coefficient (Wildman–Crippen LogP) is 4.98. The summed E-state index contributed by atoms with van der Waals surface area (Å²) in [6.45, 7) is 8.43. The van der Waals surface area contributed by atoms with E-state index in [1.54, 1.807) is 17.5 Å². The number of carbonyl (C=O) groups excluding carboxylic acids is 1. The van der Waals surface area contributed by atoms with Gasteiger partial charge < -0.3 is 14.6 Å². The lowest BCUT2D eigenvalue weighted by Crippen LogP contribution is -2.34. The molecular formula is C24H29N5O2S. The molecule has 1 unspecified atom stereocenters. The number of fused-ring (bicyclic) bond motifs is 1. The molecule has 4 aromatic rings. The summed E-state index contributed by atoms with van der Waals surface area (Å²) in [7, 11) is 4.05. The Labute approximate surface area is 192 Å². The SMILES string of the molecule is Cc1cc(-c2cc(C(=O)NCC(c3cccs3)N(C)C)c3cnn(C(C)C)c3n2)c(C)o1. The quantitative estimate of drug-likeness (QED) is 0.429. The minimum absolute atomic E-state index is 0.105. The summed E-state index contributed by atoms with van der Waals surface area (Å²) in [5.41, 5.74) is 2.86. The van der Waals surface area contributed by atoms with Gasteiger partial charge in [-0.3, -0.25) is 4.79 Å². The largest absolute Gasteiger partial charge is 0.466 e. The molecule has 4 aromatic heterocycles. The molecular weight excluding hydrogens is 422 g/mol. The maximum atomic E-state index is 13.4. The van der Waals surface area contributed by atoms with Crippen LogP contribution < -0.4 is 5.32 Å². The zero-order valence-corrected chi connectivity index (χ0v) is 20.2. The van der Waals surface area contributed by atoms with Gasteiger partial charge in [0, 0.05) is 23.0 Å². The Morgan fingerprint density at radius 3 is 2.66 bits per heavy atom. The monoisotopic (exact) mass is 451 g/mol. The Kier molecular flexibility index (Phi) is 6.17. The number of rotatable bonds is 7. The number of aryl methyl sites for hydroxylation is 2. The van der Waals surface area contributed by atoms with E-state index in [2.05, 4.69) is 40.6 Å². The minimum Gasteiger partial charge on any atom is -0.466 e. The van der Waals surface area contributed by atoms with Crippen molar-refractivity contribution in [1.29, 1.82) is 0 Å². The zero-order valence-electron chi connectivity index (χ0n) is 19.3. The van der Waals surface area contributed by atoms with Gasteiger partial charge in [-0.1, -0.05) is 6.07 Å². The maximum Gasteiger partial charge on any atom is 0.252 e. The van der Waals surface area contributed by atoms with Crippen LogP contribution in [0.15, 0.2) is 40.3 Å². The molecule has 1 amide bonds. The Balaban J connectivity index is 1.73. The summed E-state index contributed by atoms with van der Waals surface area (Å²) in [5.74, 6) is 1.46. The van der Waals surface area contributed by atoms with Crippen molar-refractivity contribution < 1.29 is 9.21 Å². The fourth-order valence-corrected chi connectivity index (χ4v) is 4.83. The van der Waals surface area contributed by atoms with Crippen molar-refractivity contribution in [3.05, 3.63) is 57.8 Å². The molecule has 0 fully saturated rings. The first kappa shape index (κ1) is 22.2. The zero-order chi connectivity index (χ0) is 23.0. The van der Waals surface area contributed by atoms with E-state index in [1.807, 2.05) is 50.8 Å². The average molecular weight is 452 g/mol. The molecule has 1 N–H and O–H groups in total. The van der Waals surface area contributed by atoms with E-state index in [0.29, 0.717) is 23.4 Å². The number of nitrogens with one attached hydrogen (secondary N) is 1. The van der Waals surface area contributed by atoms with Gasteiger partial charge in [-0.25, -0.2) is 9.67 Å². The van der Waals surface area contributed by atoms with Crippen LogP contribution >= 0.6 is 11.3 Å². The maximum absolute atomic E-state index is 13.4.